The number of thiazole rings is 1. The van der Waals surface area contributed by atoms with Gasteiger partial charge >= 0.3 is 0 Å². The van der Waals surface area contributed by atoms with E-state index in [0.29, 0.717) is 6.42 Å². The molecule has 0 radical (unpaired) electrons. The van der Waals surface area contributed by atoms with Gasteiger partial charge < -0.3 is 5.73 Å². The maximum atomic E-state index is 11.5. The molecule has 108 valence electrons. The Morgan fingerprint density at radius 3 is 2.55 bits per heavy atom. The molecule has 2 atom stereocenters. The minimum absolute atomic E-state index is 0.431. The second-order valence-electron chi connectivity index (χ2n) is 4.90. The van der Waals surface area contributed by atoms with Gasteiger partial charge in [-0.3, -0.25) is 0 Å². The summed E-state index contributed by atoms with van der Waals surface area (Å²) in [6.45, 7) is 1.64. The SMILES string of the molecule is CC(C(N)Cc1nc(-c2ccccc2)cs1)S(C)(=O)=O. The van der Waals surface area contributed by atoms with Crippen molar-refractivity contribution in [2.45, 2.75) is 24.6 Å². The molecule has 1 aromatic carbocycles. The molecule has 0 aliphatic carbocycles. The van der Waals surface area contributed by atoms with Crippen molar-refractivity contribution in [3.63, 3.8) is 0 Å². The van der Waals surface area contributed by atoms with E-state index in [1.165, 1.54) is 17.6 Å². The van der Waals surface area contributed by atoms with Crippen LogP contribution in [0.4, 0.5) is 0 Å². The first-order valence-corrected chi connectivity index (χ1v) is 9.15. The zero-order valence-electron chi connectivity index (χ0n) is 11.5. The van der Waals surface area contributed by atoms with Crippen LogP contribution in [0.25, 0.3) is 11.3 Å². The van der Waals surface area contributed by atoms with Crippen molar-refractivity contribution < 1.29 is 8.42 Å². The van der Waals surface area contributed by atoms with Crippen LogP contribution in [0.15, 0.2) is 35.7 Å². The van der Waals surface area contributed by atoms with Crippen LogP contribution in [0.1, 0.15) is 11.9 Å². The van der Waals surface area contributed by atoms with Crippen molar-refractivity contribution in [1.82, 2.24) is 4.98 Å². The predicted molar refractivity (Wildman–Crippen MR) is 83.5 cm³/mol. The number of hydrogen-bond acceptors (Lipinski definition) is 5. The molecule has 0 saturated carbocycles. The summed E-state index contributed by atoms with van der Waals surface area (Å²) in [4.78, 5) is 4.53. The normalized spacial score (nSPS) is 14.9. The molecule has 2 N–H and O–H groups in total. The smallest absolute Gasteiger partial charge is 0.151 e. The number of hydrogen-bond donors (Lipinski definition) is 1. The van der Waals surface area contributed by atoms with Gasteiger partial charge in [-0.25, -0.2) is 13.4 Å². The second-order valence-corrected chi connectivity index (χ2v) is 8.24. The lowest BCUT2D eigenvalue weighted by Crippen LogP contribution is -2.39. The molecular weight excluding hydrogens is 292 g/mol. The van der Waals surface area contributed by atoms with E-state index in [2.05, 4.69) is 4.98 Å². The number of rotatable bonds is 5. The summed E-state index contributed by atoms with van der Waals surface area (Å²) in [5.74, 6) is 0. The summed E-state index contributed by atoms with van der Waals surface area (Å²) in [6, 6.07) is 9.45. The van der Waals surface area contributed by atoms with Crippen molar-refractivity contribution in [3.8, 4) is 11.3 Å². The van der Waals surface area contributed by atoms with Crippen molar-refractivity contribution >= 4 is 21.2 Å². The summed E-state index contributed by atoms with van der Waals surface area (Å²) in [6.07, 6.45) is 1.69. The lowest BCUT2D eigenvalue weighted by Gasteiger charge is -2.16. The number of aromatic nitrogens is 1. The minimum Gasteiger partial charge on any atom is -0.326 e. The number of nitrogens with two attached hydrogens (primary N) is 1. The molecule has 1 heterocycles. The average molecular weight is 310 g/mol. The molecule has 20 heavy (non-hydrogen) atoms. The Morgan fingerprint density at radius 2 is 1.95 bits per heavy atom. The van der Waals surface area contributed by atoms with Gasteiger partial charge in [0, 0.05) is 29.7 Å². The molecule has 2 aromatic rings. The Labute approximate surface area is 123 Å². The maximum Gasteiger partial charge on any atom is 0.151 e. The highest BCUT2D eigenvalue weighted by molar-refractivity contribution is 7.91. The quantitative estimate of drug-likeness (QED) is 0.918. The zero-order chi connectivity index (χ0) is 14.8. The van der Waals surface area contributed by atoms with E-state index in [9.17, 15) is 8.42 Å². The third-order valence-corrected chi connectivity index (χ3v) is 5.88. The first kappa shape index (κ1) is 15.2. The molecular formula is C14H18N2O2S2. The fraction of sp³-hybridized carbons (Fsp3) is 0.357. The van der Waals surface area contributed by atoms with Crippen LogP contribution in [0.2, 0.25) is 0 Å². The van der Waals surface area contributed by atoms with Gasteiger partial charge in [-0.1, -0.05) is 30.3 Å². The third kappa shape index (κ3) is 3.65. The van der Waals surface area contributed by atoms with Crippen LogP contribution in [0, 0.1) is 0 Å². The molecule has 0 fully saturated rings. The summed E-state index contributed by atoms with van der Waals surface area (Å²) in [5, 5.41) is 2.28. The van der Waals surface area contributed by atoms with Gasteiger partial charge in [-0.2, -0.15) is 0 Å². The van der Waals surface area contributed by atoms with Crippen molar-refractivity contribution in [2.24, 2.45) is 5.73 Å². The summed E-state index contributed by atoms with van der Waals surface area (Å²) in [7, 11) is -3.12. The van der Waals surface area contributed by atoms with Gasteiger partial charge in [0.1, 0.15) is 0 Å². The van der Waals surface area contributed by atoms with Crippen molar-refractivity contribution in [3.05, 3.63) is 40.7 Å². The highest BCUT2D eigenvalue weighted by Gasteiger charge is 2.23. The topological polar surface area (TPSA) is 73.0 Å². The monoisotopic (exact) mass is 310 g/mol. The van der Waals surface area contributed by atoms with E-state index in [0.717, 1.165) is 16.3 Å². The van der Waals surface area contributed by atoms with Gasteiger partial charge in [-0.05, 0) is 6.92 Å². The lowest BCUT2D eigenvalue weighted by molar-refractivity contribution is 0.561. The predicted octanol–water partition coefficient (Wildman–Crippen LogP) is 2.11. The van der Waals surface area contributed by atoms with E-state index < -0.39 is 21.1 Å². The Balaban J connectivity index is 2.11. The Kier molecular flexibility index (Phi) is 4.57. The molecule has 0 bridgehead atoms. The van der Waals surface area contributed by atoms with Crippen LogP contribution < -0.4 is 5.73 Å². The summed E-state index contributed by atoms with van der Waals surface area (Å²) in [5.41, 5.74) is 7.93. The first-order valence-electron chi connectivity index (χ1n) is 6.32. The molecule has 0 aliphatic rings. The standard InChI is InChI=1S/C14H18N2O2S2/c1-10(20(2,17)18)12(15)8-14-16-13(9-19-14)11-6-4-3-5-7-11/h3-7,9-10,12H,8,15H2,1-2H3. The highest BCUT2D eigenvalue weighted by atomic mass is 32.2. The van der Waals surface area contributed by atoms with Gasteiger partial charge in [0.25, 0.3) is 0 Å². The van der Waals surface area contributed by atoms with Crippen LogP contribution in [0.5, 0.6) is 0 Å². The first-order chi connectivity index (χ1) is 9.38. The Hall–Kier alpha value is -1.24. The van der Waals surface area contributed by atoms with Crippen LogP contribution in [-0.4, -0.2) is 30.9 Å². The highest BCUT2D eigenvalue weighted by Crippen LogP contribution is 2.22. The lowest BCUT2D eigenvalue weighted by atomic mass is 10.1. The zero-order valence-corrected chi connectivity index (χ0v) is 13.1. The average Bonchev–Trinajstić information content (AvgIpc) is 2.86. The number of nitrogens with zero attached hydrogens (tertiary/aromatic N) is 1. The minimum atomic E-state index is -3.12. The second kappa shape index (κ2) is 6.03. The Bertz CT molecular complexity index is 665. The molecule has 0 amide bonds. The van der Waals surface area contributed by atoms with E-state index in [1.807, 2.05) is 35.7 Å². The molecule has 2 unspecified atom stereocenters. The molecule has 0 saturated heterocycles. The fourth-order valence-corrected chi connectivity index (χ4v) is 3.44. The van der Waals surface area contributed by atoms with Gasteiger partial charge in [-0.15, -0.1) is 11.3 Å². The molecule has 4 nitrogen and oxygen atoms in total. The summed E-state index contributed by atoms with van der Waals surface area (Å²) >= 11 is 1.51. The van der Waals surface area contributed by atoms with Crippen LogP contribution in [0.3, 0.4) is 0 Å². The van der Waals surface area contributed by atoms with Crippen molar-refractivity contribution in [1.29, 1.82) is 0 Å². The fourth-order valence-electron chi connectivity index (χ4n) is 1.83. The molecule has 0 aliphatic heterocycles. The third-order valence-electron chi connectivity index (χ3n) is 3.31. The van der Waals surface area contributed by atoms with E-state index in [1.54, 1.807) is 6.92 Å². The number of benzene rings is 1. The Morgan fingerprint density at radius 1 is 1.30 bits per heavy atom. The number of sulfone groups is 1. The molecule has 1 aromatic heterocycles. The molecule has 2 rings (SSSR count). The van der Waals surface area contributed by atoms with E-state index in [-0.39, 0.29) is 0 Å². The maximum absolute atomic E-state index is 11.5. The summed E-state index contributed by atoms with van der Waals surface area (Å²) < 4.78 is 23.0. The van der Waals surface area contributed by atoms with Gasteiger partial charge in [0.05, 0.1) is 16.0 Å². The van der Waals surface area contributed by atoms with Gasteiger partial charge in [0.2, 0.25) is 0 Å². The van der Waals surface area contributed by atoms with Crippen LogP contribution in [-0.2, 0) is 16.3 Å². The van der Waals surface area contributed by atoms with Crippen molar-refractivity contribution in [2.75, 3.05) is 6.26 Å². The molecule has 0 spiro atoms. The van der Waals surface area contributed by atoms with Gasteiger partial charge in [0.15, 0.2) is 9.84 Å². The van der Waals surface area contributed by atoms with E-state index >= 15 is 0 Å². The van der Waals surface area contributed by atoms with Crippen LogP contribution >= 0.6 is 11.3 Å². The molecule has 6 heteroatoms. The largest absolute Gasteiger partial charge is 0.326 e. The van der Waals surface area contributed by atoms with E-state index in [4.69, 9.17) is 5.73 Å².